The molecule has 0 amide bonds. The molecular formula is C22H23N5O3S. The molecule has 8 nitrogen and oxygen atoms in total. The minimum atomic E-state index is -0.350. The highest BCUT2D eigenvalue weighted by molar-refractivity contribution is 7.71. The Balaban J connectivity index is 1.73. The van der Waals surface area contributed by atoms with Gasteiger partial charge >= 0.3 is 5.97 Å². The van der Waals surface area contributed by atoms with Gasteiger partial charge in [-0.05, 0) is 49.8 Å². The maximum atomic E-state index is 12.8. The van der Waals surface area contributed by atoms with Gasteiger partial charge in [0.1, 0.15) is 12.4 Å². The monoisotopic (exact) mass is 437 g/mol. The fourth-order valence-electron chi connectivity index (χ4n) is 3.57. The Morgan fingerprint density at radius 2 is 2.00 bits per heavy atom. The lowest BCUT2D eigenvalue weighted by Gasteiger charge is -2.09. The molecule has 4 aromatic rings. The molecular weight excluding hydrogens is 414 g/mol. The van der Waals surface area contributed by atoms with Crippen molar-refractivity contribution < 1.29 is 14.3 Å². The summed E-state index contributed by atoms with van der Waals surface area (Å²) in [6, 6.07) is 15.8. The van der Waals surface area contributed by atoms with Crippen LogP contribution in [-0.4, -0.2) is 32.0 Å². The van der Waals surface area contributed by atoms with Crippen LogP contribution in [0.3, 0.4) is 0 Å². The molecule has 2 heterocycles. The zero-order chi connectivity index (χ0) is 22.0. The summed E-state index contributed by atoms with van der Waals surface area (Å²) < 4.78 is 14.9. The number of carbonyl (C=O) groups is 1. The molecule has 0 radical (unpaired) electrons. The Kier molecular flexibility index (Phi) is 5.77. The molecule has 0 atom stereocenters. The summed E-state index contributed by atoms with van der Waals surface area (Å²) in [6.45, 7) is 4.81. The molecule has 3 N–H and O–H groups in total. The SMILES string of the molecule is CCOC(=O)c1c(C)n(Cc2ccccc2)c2ccc(OCc3n[nH]c(=S)n3N)cc12. The molecule has 0 aliphatic carbocycles. The molecule has 4 rings (SSSR count). The number of hydrogen-bond acceptors (Lipinski definition) is 6. The fraction of sp³-hybridized carbons (Fsp3) is 0.227. The second kappa shape index (κ2) is 8.65. The number of aromatic amines is 1. The fourth-order valence-corrected chi connectivity index (χ4v) is 3.72. The third-order valence-corrected chi connectivity index (χ3v) is 5.39. The van der Waals surface area contributed by atoms with Gasteiger partial charge in [0.25, 0.3) is 0 Å². The average molecular weight is 438 g/mol. The molecule has 0 aliphatic rings. The normalized spacial score (nSPS) is 11.0. The first-order chi connectivity index (χ1) is 15.0. The van der Waals surface area contributed by atoms with Crippen molar-refractivity contribution in [1.29, 1.82) is 0 Å². The lowest BCUT2D eigenvalue weighted by atomic mass is 10.1. The lowest BCUT2D eigenvalue weighted by molar-refractivity contribution is 0.0527. The van der Waals surface area contributed by atoms with E-state index in [0.717, 1.165) is 22.2 Å². The summed E-state index contributed by atoms with van der Waals surface area (Å²) in [7, 11) is 0. The van der Waals surface area contributed by atoms with Crippen LogP contribution in [0.2, 0.25) is 0 Å². The van der Waals surface area contributed by atoms with E-state index >= 15 is 0 Å². The smallest absolute Gasteiger partial charge is 0.340 e. The summed E-state index contributed by atoms with van der Waals surface area (Å²) in [4.78, 5) is 12.8. The zero-order valence-corrected chi connectivity index (χ0v) is 18.1. The molecule has 0 bridgehead atoms. The summed E-state index contributed by atoms with van der Waals surface area (Å²) in [5, 5.41) is 7.44. The van der Waals surface area contributed by atoms with Crippen molar-refractivity contribution in [2.45, 2.75) is 27.0 Å². The molecule has 9 heteroatoms. The highest BCUT2D eigenvalue weighted by atomic mass is 32.1. The van der Waals surface area contributed by atoms with Crippen LogP contribution >= 0.6 is 12.2 Å². The van der Waals surface area contributed by atoms with E-state index in [1.807, 2.05) is 43.3 Å². The van der Waals surface area contributed by atoms with Crippen LogP contribution in [0.5, 0.6) is 5.75 Å². The first kappa shape index (κ1) is 20.7. The predicted octanol–water partition coefficient (Wildman–Crippen LogP) is 3.72. The number of nitrogens with one attached hydrogen (secondary N) is 1. The van der Waals surface area contributed by atoms with Crippen LogP contribution in [-0.2, 0) is 17.9 Å². The van der Waals surface area contributed by atoms with Gasteiger partial charge in [0, 0.05) is 23.1 Å². The number of rotatable bonds is 7. The van der Waals surface area contributed by atoms with Gasteiger partial charge in [-0.25, -0.2) is 9.47 Å². The van der Waals surface area contributed by atoms with Gasteiger partial charge in [0.05, 0.1) is 12.2 Å². The number of carbonyl (C=O) groups excluding carboxylic acids is 1. The number of aromatic nitrogens is 4. The number of nitrogens with two attached hydrogens (primary N) is 1. The van der Waals surface area contributed by atoms with Crippen molar-refractivity contribution in [2.75, 3.05) is 12.4 Å². The second-order valence-corrected chi connectivity index (χ2v) is 7.42. The Bertz CT molecular complexity index is 1290. The first-order valence-corrected chi connectivity index (χ1v) is 10.3. The summed E-state index contributed by atoms with van der Waals surface area (Å²) >= 11 is 5.02. The Morgan fingerprint density at radius 3 is 2.68 bits per heavy atom. The van der Waals surface area contributed by atoms with Gasteiger partial charge in [-0.15, -0.1) is 0 Å². The highest BCUT2D eigenvalue weighted by Gasteiger charge is 2.22. The van der Waals surface area contributed by atoms with Crippen molar-refractivity contribution in [3.63, 3.8) is 0 Å². The van der Waals surface area contributed by atoms with E-state index in [1.54, 1.807) is 6.92 Å². The molecule has 160 valence electrons. The van der Waals surface area contributed by atoms with Crippen LogP contribution in [0.25, 0.3) is 10.9 Å². The average Bonchev–Trinajstić information content (AvgIpc) is 3.23. The van der Waals surface area contributed by atoms with Crippen molar-refractivity contribution in [1.82, 2.24) is 19.4 Å². The molecule has 0 saturated heterocycles. The predicted molar refractivity (Wildman–Crippen MR) is 120 cm³/mol. The van der Waals surface area contributed by atoms with Crippen LogP contribution in [0.4, 0.5) is 0 Å². The lowest BCUT2D eigenvalue weighted by Crippen LogP contribution is -2.14. The van der Waals surface area contributed by atoms with Gasteiger partial charge in [-0.3, -0.25) is 5.10 Å². The molecule has 0 fully saturated rings. The molecule has 31 heavy (non-hydrogen) atoms. The van der Waals surface area contributed by atoms with E-state index in [9.17, 15) is 4.79 Å². The minimum absolute atomic E-state index is 0.133. The molecule has 0 aliphatic heterocycles. The van der Waals surface area contributed by atoms with E-state index in [2.05, 4.69) is 26.9 Å². The quantitative estimate of drug-likeness (QED) is 0.260. The van der Waals surface area contributed by atoms with Crippen molar-refractivity contribution in [3.8, 4) is 5.75 Å². The summed E-state index contributed by atoms with van der Waals surface area (Å²) in [5.74, 6) is 6.53. The van der Waals surface area contributed by atoms with E-state index < -0.39 is 0 Å². The number of benzene rings is 2. The van der Waals surface area contributed by atoms with Crippen LogP contribution in [0.15, 0.2) is 48.5 Å². The highest BCUT2D eigenvalue weighted by Crippen LogP contribution is 2.31. The Hall–Kier alpha value is -3.59. The number of esters is 1. The van der Waals surface area contributed by atoms with E-state index in [-0.39, 0.29) is 12.6 Å². The topological polar surface area (TPSA) is 100 Å². The van der Waals surface area contributed by atoms with Crippen LogP contribution < -0.4 is 10.6 Å². The Labute approximate surface area is 184 Å². The maximum Gasteiger partial charge on any atom is 0.340 e. The van der Waals surface area contributed by atoms with E-state index in [4.69, 9.17) is 27.5 Å². The number of nitrogen functional groups attached to an aromatic ring is 1. The zero-order valence-electron chi connectivity index (χ0n) is 17.3. The standard InChI is InChI=1S/C22H23N5O3S/c1-3-29-21(28)20-14(2)26(12-15-7-5-4-6-8-15)18-10-9-16(11-17(18)20)30-13-19-24-25-22(31)27(19)23/h4-11H,3,12-13,23H2,1-2H3,(H,25,31). The van der Waals surface area contributed by atoms with Crippen molar-refractivity contribution >= 4 is 29.1 Å². The van der Waals surface area contributed by atoms with Crippen LogP contribution in [0.1, 0.15) is 34.4 Å². The number of ether oxygens (including phenoxy) is 2. The summed E-state index contributed by atoms with van der Waals surface area (Å²) in [5.41, 5.74) is 3.46. The number of nitrogens with zero attached hydrogens (tertiary/aromatic N) is 3. The summed E-state index contributed by atoms with van der Waals surface area (Å²) in [6.07, 6.45) is 0. The molecule has 2 aromatic heterocycles. The first-order valence-electron chi connectivity index (χ1n) is 9.87. The molecule has 0 saturated carbocycles. The molecule has 0 spiro atoms. The number of H-pyrrole nitrogens is 1. The van der Waals surface area contributed by atoms with Crippen molar-refractivity contribution in [2.24, 2.45) is 0 Å². The third kappa shape index (κ3) is 4.04. The van der Waals surface area contributed by atoms with Gasteiger partial charge in [-0.1, -0.05) is 30.3 Å². The number of fused-ring (bicyclic) bond motifs is 1. The van der Waals surface area contributed by atoms with E-state index in [1.165, 1.54) is 4.68 Å². The minimum Gasteiger partial charge on any atom is -0.486 e. The third-order valence-electron chi connectivity index (χ3n) is 5.10. The van der Waals surface area contributed by atoms with Crippen LogP contribution in [0, 0.1) is 11.7 Å². The van der Waals surface area contributed by atoms with E-state index in [0.29, 0.717) is 35.1 Å². The molecule has 0 unspecified atom stereocenters. The van der Waals surface area contributed by atoms with Gasteiger partial charge < -0.3 is 19.9 Å². The molecule has 2 aromatic carbocycles. The Morgan fingerprint density at radius 1 is 1.23 bits per heavy atom. The van der Waals surface area contributed by atoms with Gasteiger partial charge in [0.15, 0.2) is 5.82 Å². The largest absolute Gasteiger partial charge is 0.486 e. The second-order valence-electron chi connectivity index (χ2n) is 7.04. The number of hydrogen-bond donors (Lipinski definition) is 2. The van der Waals surface area contributed by atoms with Crippen molar-refractivity contribution in [3.05, 3.63) is 75.9 Å². The maximum absolute atomic E-state index is 12.8. The van der Waals surface area contributed by atoms with Gasteiger partial charge in [0.2, 0.25) is 4.77 Å². The van der Waals surface area contributed by atoms with Gasteiger partial charge in [-0.2, -0.15) is 5.10 Å².